The SMILES string of the molecule is C[C@H]1CN(c2c(F)c(F)c3c(=O)c(C(=O)O)cn(C4CC4)c3c2F)C[C@@H](CC(=O)OCc2cnccn2)N1. The number of hydrogen-bond acceptors (Lipinski definition) is 8. The molecule has 1 saturated carbocycles. The van der Waals surface area contributed by atoms with Gasteiger partial charge in [-0.3, -0.25) is 19.6 Å². The third kappa shape index (κ3) is 4.80. The van der Waals surface area contributed by atoms with Crippen molar-refractivity contribution < 1.29 is 32.6 Å². The number of esters is 1. The molecule has 2 aliphatic rings. The molecule has 1 aliphatic heterocycles. The molecule has 1 aromatic carbocycles. The van der Waals surface area contributed by atoms with Gasteiger partial charge >= 0.3 is 11.9 Å². The zero-order valence-corrected chi connectivity index (χ0v) is 20.3. The van der Waals surface area contributed by atoms with E-state index in [1.807, 2.05) is 0 Å². The fourth-order valence-corrected chi connectivity index (χ4v) is 4.86. The topological polar surface area (TPSA) is 127 Å². The molecule has 200 valence electrons. The lowest BCUT2D eigenvalue weighted by molar-refractivity contribution is -0.145. The van der Waals surface area contributed by atoms with Crippen LogP contribution in [0.25, 0.3) is 10.9 Å². The molecule has 0 unspecified atom stereocenters. The Hall–Kier alpha value is -4.00. The normalized spacial score (nSPS) is 19.5. The third-order valence-electron chi connectivity index (χ3n) is 6.62. The average molecular weight is 531 g/mol. The van der Waals surface area contributed by atoms with Crippen LogP contribution in [0.1, 0.15) is 48.3 Å². The number of carboxylic acids is 1. The molecule has 13 heteroatoms. The van der Waals surface area contributed by atoms with Crippen LogP contribution in [0.15, 0.2) is 29.6 Å². The van der Waals surface area contributed by atoms with Gasteiger partial charge in [-0.15, -0.1) is 0 Å². The van der Waals surface area contributed by atoms with Crippen LogP contribution in [0.3, 0.4) is 0 Å². The quantitative estimate of drug-likeness (QED) is 0.349. The average Bonchev–Trinajstić information content (AvgIpc) is 3.71. The first kappa shape index (κ1) is 25.6. The van der Waals surface area contributed by atoms with E-state index in [0.717, 1.165) is 6.20 Å². The number of aromatic carboxylic acids is 1. The summed E-state index contributed by atoms with van der Waals surface area (Å²) < 4.78 is 53.2. The van der Waals surface area contributed by atoms with Gasteiger partial charge in [-0.2, -0.15) is 0 Å². The van der Waals surface area contributed by atoms with Gasteiger partial charge in [0, 0.05) is 49.8 Å². The van der Waals surface area contributed by atoms with Crippen molar-refractivity contribution in [3.8, 4) is 0 Å². The van der Waals surface area contributed by atoms with Crippen molar-refractivity contribution in [3.05, 3.63) is 63.7 Å². The number of ether oxygens (including phenoxy) is 1. The lowest BCUT2D eigenvalue weighted by Gasteiger charge is -2.39. The standard InChI is InChI=1S/C25H24F3N5O5/c1-12-8-32(9-13(31-12)6-17(34)38-11-14-7-29-4-5-30-14)23-20(27)19(26)18-22(21(23)28)33(15-2-3-15)10-16(24(18)35)25(36)37/h4-5,7,10,12-13,15,31H,2-3,6,8-9,11H2,1H3,(H,36,37)/t12-,13+/m0/s1. The Bertz CT molecular complexity index is 1480. The van der Waals surface area contributed by atoms with Crippen LogP contribution in [0.4, 0.5) is 18.9 Å². The minimum Gasteiger partial charge on any atom is -0.477 e. The summed E-state index contributed by atoms with van der Waals surface area (Å²) in [5.41, 5.74) is -2.73. The molecule has 0 bridgehead atoms. The lowest BCUT2D eigenvalue weighted by atomic mass is 10.0. The maximum atomic E-state index is 16.0. The zero-order chi connectivity index (χ0) is 27.1. The number of carbonyl (C=O) groups excluding carboxylic acids is 1. The number of nitrogens with one attached hydrogen (secondary N) is 1. The van der Waals surface area contributed by atoms with E-state index in [0.29, 0.717) is 18.5 Å². The van der Waals surface area contributed by atoms with Crippen LogP contribution >= 0.6 is 0 Å². The second-order valence-corrected chi connectivity index (χ2v) is 9.56. The number of fused-ring (bicyclic) bond motifs is 1. The highest BCUT2D eigenvalue weighted by Gasteiger charge is 2.36. The molecule has 0 radical (unpaired) electrons. The van der Waals surface area contributed by atoms with Gasteiger partial charge in [-0.05, 0) is 19.8 Å². The van der Waals surface area contributed by atoms with Crippen LogP contribution in [0.2, 0.25) is 0 Å². The Balaban J connectivity index is 1.47. The predicted molar refractivity (Wildman–Crippen MR) is 128 cm³/mol. The molecule has 2 atom stereocenters. The van der Waals surface area contributed by atoms with Crippen LogP contribution in [-0.4, -0.2) is 56.8 Å². The van der Waals surface area contributed by atoms with Gasteiger partial charge in [0.25, 0.3) is 0 Å². The Morgan fingerprint density at radius 1 is 1.16 bits per heavy atom. The lowest BCUT2D eigenvalue weighted by Crippen LogP contribution is -2.56. The maximum Gasteiger partial charge on any atom is 0.341 e. The second kappa shape index (κ2) is 10.0. The van der Waals surface area contributed by atoms with Gasteiger partial charge in [-0.25, -0.2) is 18.0 Å². The van der Waals surface area contributed by atoms with Gasteiger partial charge in [-0.1, -0.05) is 0 Å². The smallest absolute Gasteiger partial charge is 0.341 e. The number of nitrogens with zero attached hydrogens (tertiary/aromatic N) is 4. The number of anilines is 1. The van der Waals surface area contributed by atoms with E-state index in [4.69, 9.17) is 4.74 Å². The number of carboxylic acid groups (broad SMARTS) is 1. The van der Waals surface area contributed by atoms with E-state index in [-0.39, 0.29) is 38.2 Å². The summed E-state index contributed by atoms with van der Waals surface area (Å²) in [5, 5.41) is 11.6. The van der Waals surface area contributed by atoms with Crippen molar-refractivity contribution in [1.82, 2.24) is 19.9 Å². The zero-order valence-electron chi connectivity index (χ0n) is 20.3. The minimum atomic E-state index is -1.61. The summed E-state index contributed by atoms with van der Waals surface area (Å²) in [6, 6.07) is -1.24. The number of pyridine rings is 1. The summed E-state index contributed by atoms with van der Waals surface area (Å²) in [6.07, 6.45) is 6.41. The van der Waals surface area contributed by atoms with Crippen molar-refractivity contribution in [2.75, 3.05) is 18.0 Å². The highest BCUT2D eigenvalue weighted by Crippen LogP contribution is 2.40. The van der Waals surface area contributed by atoms with Crippen molar-refractivity contribution in [2.45, 2.75) is 50.9 Å². The highest BCUT2D eigenvalue weighted by molar-refractivity contribution is 5.94. The fraction of sp³-hybridized carbons (Fsp3) is 0.400. The molecule has 38 heavy (non-hydrogen) atoms. The van der Waals surface area contributed by atoms with Gasteiger partial charge < -0.3 is 24.6 Å². The first-order chi connectivity index (χ1) is 18.2. The molecule has 2 N–H and O–H groups in total. The Morgan fingerprint density at radius 3 is 2.58 bits per heavy atom. The molecule has 2 fully saturated rings. The number of piperazine rings is 1. The number of rotatable bonds is 7. The van der Waals surface area contributed by atoms with Crippen LogP contribution < -0.4 is 15.6 Å². The van der Waals surface area contributed by atoms with E-state index >= 15 is 13.2 Å². The van der Waals surface area contributed by atoms with Gasteiger partial charge in [0.2, 0.25) is 5.43 Å². The van der Waals surface area contributed by atoms with E-state index in [2.05, 4.69) is 15.3 Å². The van der Waals surface area contributed by atoms with Gasteiger partial charge in [0.1, 0.15) is 17.9 Å². The molecule has 0 amide bonds. The first-order valence-electron chi connectivity index (χ1n) is 12.1. The van der Waals surface area contributed by atoms with Crippen molar-refractivity contribution >= 4 is 28.5 Å². The van der Waals surface area contributed by atoms with Crippen LogP contribution in [-0.2, 0) is 16.1 Å². The molecule has 10 nitrogen and oxygen atoms in total. The van der Waals surface area contributed by atoms with Crippen LogP contribution in [0, 0.1) is 17.5 Å². The Labute approximate surface area is 214 Å². The maximum absolute atomic E-state index is 16.0. The minimum absolute atomic E-state index is 0.0513. The summed E-state index contributed by atoms with van der Waals surface area (Å²) in [7, 11) is 0. The summed E-state index contributed by atoms with van der Waals surface area (Å²) >= 11 is 0. The summed E-state index contributed by atoms with van der Waals surface area (Å²) in [4.78, 5) is 45.9. The van der Waals surface area contributed by atoms with E-state index < -0.39 is 63.0 Å². The number of aromatic nitrogens is 3. The fourth-order valence-electron chi connectivity index (χ4n) is 4.86. The highest BCUT2D eigenvalue weighted by atomic mass is 19.2. The molecule has 1 saturated heterocycles. The predicted octanol–water partition coefficient (Wildman–Crippen LogP) is 2.54. The number of halogens is 3. The number of carbonyl (C=O) groups is 2. The molecular weight excluding hydrogens is 507 g/mol. The monoisotopic (exact) mass is 531 g/mol. The summed E-state index contributed by atoms with van der Waals surface area (Å²) in [6.45, 7) is 1.69. The van der Waals surface area contributed by atoms with E-state index in [9.17, 15) is 19.5 Å². The molecule has 3 heterocycles. The van der Waals surface area contributed by atoms with Crippen molar-refractivity contribution in [1.29, 1.82) is 0 Å². The van der Waals surface area contributed by atoms with Gasteiger partial charge in [0.15, 0.2) is 17.5 Å². The molecule has 1 aliphatic carbocycles. The first-order valence-corrected chi connectivity index (χ1v) is 12.1. The third-order valence-corrected chi connectivity index (χ3v) is 6.62. The van der Waals surface area contributed by atoms with Crippen LogP contribution in [0.5, 0.6) is 0 Å². The van der Waals surface area contributed by atoms with Crippen molar-refractivity contribution in [3.63, 3.8) is 0 Å². The van der Waals surface area contributed by atoms with E-state index in [1.54, 1.807) is 6.92 Å². The molecule has 2 aromatic heterocycles. The number of hydrogen-bond donors (Lipinski definition) is 2. The van der Waals surface area contributed by atoms with Gasteiger partial charge in [0.05, 0.1) is 29.2 Å². The van der Waals surface area contributed by atoms with E-state index in [1.165, 1.54) is 28.1 Å². The number of benzene rings is 1. The largest absolute Gasteiger partial charge is 0.477 e. The molecule has 3 aromatic rings. The second-order valence-electron chi connectivity index (χ2n) is 9.56. The Morgan fingerprint density at radius 2 is 1.92 bits per heavy atom. The molecule has 5 rings (SSSR count). The van der Waals surface area contributed by atoms with Crippen molar-refractivity contribution in [2.24, 2.45) is 0 Å². The molecular formula is C25H24F3N5O5. The summed E-state index contributed by atoms with van der Waals surface area (Å²) in [5.74, 6) is -6.53. The molecule has 0 spiro atoms. The Kier molecular flexibility index (Phi) is 6.78.